The first-order chi connectivity index (χ1) is 8.74. The molecule has 0 amide bonds. The van der Waals surface area contributed by atoms with E-state index >= 15 is 0 Å². The lowest BCUT2D eigenvalue weighted by Gasteiger charge is -2.06. The highest BCUT2D eigenvalue weighted by molar-refractivity contribution is 5.87. The number of rotatable bonds is 9. The molecule has 0 fully saturated rings. The van der Waals surface area contributed by atoms with Crippen molar-refractivity contribution in [1.29, 1.82) is 0 Å². The predicted octanol–water partition coefficient (Wildman–Crippen LogP) is 4.16. The molecular weight excluding hydrogens is 226 g/mol. The number of benzene rings is 1. The highest BCUT2D eigenvalue weighted by Crippen LogP contribution is 2.10. The molecule has 0 saturated carbocycles. The Hall–Kier alpha value is -1.51. The van der Waals surface area contributed by atoms with Gasteiger partial charge in [0.2, 0.25) is 0 Å². The van der Waals surface area contributed by atoms with Gasteiger partial charge in [0.25, 0.3) is 0 Å². The van der Waals surface area contributed by atoms with E-state index in [1.54, 1.807) is 12.1 Å². The third-order valence-electron chi connectivity index (χ3n) is 2.99. The lowest BCUT2D eigenvalue weighted by Crippen LogP contribution is -2.02. The van der Waals surface area contributed by atoms with Crippen molar-refractivity contribution in [2.75, 3.05) is 11.9 Å². The zero-order chi connectivity index (χ0) is 13.2. The average molecular weight is 249 g/mol. The largest absolute Gasteiger partial charge is 0.478 e. The molecule has 0 aromatic heterocycles. The molecule has 0 unspecified atom stereocenters. The summed E-state index contributed by atoms with van der Waals surface area (Å²) < 4.78 is 0. The molecule has 1 aromatic carbocycles. The molecule has 100 valence electrons. The first kappa shape index (κ1) is 14.6. The number of hydrogen-bond donors (Lipinski definition) is 2. The summed E-state index contributed by atoms with van der Waals surface area (Å²) in [6.07, 6.45) is 7.71. The van der Waals surface area contributed by atoms with Gasteiger partial charge in [0, 0.05) is 12.2 Å². The smallest absolute Gasteiger partial charge is 0.335 e. The Morgan fingerprint density at radius 1 is 1.06 bits per heavy atom. The van der Waals surface area contributed by atoms with Gasteiger partial charge in [-0.25, -0.2) is 4.79 Å². The summed E-state index contributed by atoms with van der Waals surface area (Å²) in [6.45, 7) is 3.18. The summed E-state index contributed by atoms with van der Waals surface area (Å²) in [7, 11) is 0. The molecule has 0 bridgehead atoms. The molecule has 0 radical (unpaired) electrons. The van der Waals surface area contributed by atoms with Crippen molar-refractivity contribution < 1.29 is 9.90 Å². The third-order valence-corrected chi connectivity index (χ3v) is 2.99. The minimum Gasteiger partial charge on any atom is -0.478 e. The number of carboxylic acids is 1. The van der Waals surface area contributed by atoms with Crippen molar-refractivity contribution in [3.63, 3.8) is 0 Å². The van der Waals surface area contributed by atoms with Gasteiger partial charge in [-0.2, -0.15) is 0 Å². The summed E-state index contributed by atoms with van der Waals surface area (Å²) >= 11 is 0. The van der Waals surface area contributed by atoms with Gasteiger partial charge >= 0.3 is 5.97 Å². The summed E-state index contributed by atoms with van der Waals surface area (Å²) in [5.41, 5.74) is 1.33. The van der Waals surface area contributed by atoms with Crippen molar-refractivity contribution in [2.45, 2.75) is 45.4 Å². The molecule has 0 saturated heterocycles. The Morgan fingerprint density at radius 3 is 2.28 bits per heavy atom. The van der Waals surface area contributed by atoms with Crippen molar-refractivity contribution in [1.82, 2.24) is 0 Å². The van der Waals surface area contributed by atoms with Crippen molar-refractivity contribution in [3.8, 4) is 0 Å². The Balaban J connectivity index is 2.14. The van der Waals surface area contributed by atoms with Crippen LogP contribution >= 0.6 is 0 Å². The monoisotopic (exact) mass is 249 g/mol. The van der Waals surface area contributed by atoms with Crippen molar-refractivity contribution in [2.24, 2.45) is 0 Å². The van der Waals surface area contributed by atoms with Gasteiger partial charge in [-0.05, 0) is 30.7 Å². The van der Waals surface area contributed by atoms with Crippen LogP contribution in [0.25, 0.3) is 0 Å². The molecule has 2 N–H and O–H groups in total. The van der Waals surface area contributed by atoms with Crippen LogP contribution in [-0.4, -0.2) is 17.6 Å². The van der Waals surface area contributed by atoms with E-state index in [2.05, 4.69) is 12.2 Å². The number of hydrogen-bond acceptors (Lipinski definition) is 2. The molecule has 0 spiro atoms. The van der Waals surface area contributed by atoms with Gasteiger partial charge < -0.3 is 10.4 Å². The van der Waals surface area contributed by atoms with Crippen LogP contribution in [-0.2, 0) is 0 Å². The molecule has 0 heterocycles. The Kier molecular flexibility index (Phi) is 6.92. The summed E-state index contributed by atoms with van der Waals surface area (Å²) in [4.78, 5) is 10.7. The Morgan fingerprint density at radius 2 is 1.67 bits per heavy atom. The lowest BCUT2D eigenvalue weighted by molar-refractivity contribution is 0.0697. The van der Waals surface area contributed by atoms with Crippen LogP contribution in [0.2, 0.25) is 0 Å². The second kappa shape index (κ2) is 8.56. The minimum atomic E-state index is -0.877. The van der Waals surface area contributed by atoms with E-state index < -0.39 is 5.97 Å². The number of nitrogens with one attached hydrogen (secondary N) is 1. The van der Waals surface area contributed by atoms with E-state index in [1.165, 1.54) is 38.5 Å². The summed E-state index contributed by atoms with van der Waals surface area (Å²) in [5, 5.41) is 12.1. The highest BCUT2D eigenvalue weighted by Gasteiger charge is 2.00. The maximum atomic E-state index is 10.7. The van der Waals surface area contributed by atoms with Crippen LogP contribution in [0, 0.1) is 0 Å². The van der Waals surface area contributed by atoms with E-state index in [1.807, 2.05) is 12.1 Å². The number of carboxylic acid groups (broad SMARTS) is 1. The number of anilines is 1. The molecule has 18 heavy (non-hydrogen) atoms. The quantitative estimate of drug-likeness (QED) is 0.646. The molecule has 3 nitrogen and oxygen atoms in total. The fourth-order valence-electron chi connectivity index (χ4n) is 1.87. The molecular formula is C15H23NO2. The van der Waals surface area contributed by atoms with Crippen LogP contribution in [0.3, 0.4) is 0 Å². The van der Waals surface area contributed by atoms with E-state index in [-0.39, 0.29) is 0 Å². The van der Waals surface area contributed by atoms with Crippen LogP contribution < -0.4 is 5.32 Å². The third kappa shape index (κ3) is 5.71. The van der Waals surface area contributed by atoms with Crippen LogP contribution in [0.4, 0.5) is 5.69 Å². The standard InChI is InChI=1S/C15H23NO2/c1-2-3-4-5-6-7-12-16-14-10-8-13(9-11-14)15(17)18/h8-11,16H,2-7,12H2,1H3,(H,17,18). The highest BCUT2D eigenvalue weighted by atomic mass is 16.4. The molecule has 0 aliphatic rings. The average Bonchev–Trinajstić information content (AvgIpc) is 2.38. The van der Waals surface area contributed by atoms with Crippen molar-refractivity contribution >= 4 is 11.7 Å². The van der Waals surface area contributed by atoms with Crippen molar-refractivity contribution in [3.05, 3.63) is 29.8 Å². The van der Waals surface area contributed by atoms with Crippen LogP contribution in [0.5, 0.6) is 0 Å². The number of unbranched alkanes of at least 4 members (excludes halogenated alkanes) is 5. The van der Waals surface area contributed by atoms with E-state index in [0.29, 0.717) is 5.56 Å². The maximum absolute atomic E-state index is 10.7. The van der Waals surface area contributed by atoms with E-state index in [4.69, 9.17) is 5.11 Å². The summed E-state index contributed by atoms with van der Waals surface area (Å²) in [6, 6.07) is 6.90. The number of aromatic carboxylic acids is 1. The fraction of sp³-hybridized carbons (Fsp3) is 0.533. The van der Waals surface area contributed by atoms with E-state index in [0.717, 1.165) is 12.2 Å². The van der Waals surface area contributed by atoms with Gasteiger partial charge in [-0.1, -0.05) is 39.0 Å². The maximum Gasteiger partial charge on any atom is 0.335 e. The zero-order valence-electron chi connectivity index (χ0n) is 11.1. The summed E-state index contributed by atoms with van der Waals surface area (Å²) in [5.74, 6) is -0.877. The van der Waals surface area contributed by atoms with Gasteiger partial charge in [0.15, 0.2) is 0 Å². The van der Waals surface area contributed by atoms with Crippen LogP contribution in [0.1, 0.15) is 55.8 Å². The van der Waals surface area contributed by atoms with Gasteiger partial charge in [-0.15, -0.1) is 0 Å². The molecule has 0 aliphatic heterocycles. The topological polar surface area (TPSA) is 49.3 Å². The molecule has 1 rings (SSSR count). The fourth-order valence-corrected chi connectivity index (χ4v) is 1.87. The zero-order valence-corrected chi connectivity index (χ0v) is 11.1. The first-order valence-corrected chi connectivity index (χ1v) is 6.81. The Labute approximate surface area is 109 Å². The first-order valence-electron chi connectivity index (χ1n) is 6.81. The minimum absolute atomic E-state index is 0.333. The van der Waals surface area contributed by atoms with Gasteiger partial charge in [0.05, 0.1) is 5.56 Å². The molecule has 0 aliphatic carbocycles. The normalized spacial score (nSPS) is 10.3. The van der Waals surface area contributed by atoms with Gasteiger partial charge in [0.1, 0.15) is 0 Å². The molecule has 1 aromatic rings. The second-order valence-electron chi connectivity index (χ2n) is 4.58. The lowest BCUT2D eigenvalue weighted by atomic mass is 10.1. The second-order valence-corrected chi connectivity index (χ2v) is 4.58. The van der Waals surface area contributed by atoms with Gasteiger partial charge in [-0.3, -0.25) is 0 Å². The molecule has 0 atom stereocenters. The van der Waals surface area contributed by atoms with E-state index in [9.17, 15) is 4.79 Å². The molecule has 3 heteroatoms. The Bertz CT molecular complexity index is 346. The van der Waals surface area contributed by atoms with Crippen LogP contribution in [0.15, 0.2) is 24.3 Å². The number of carbonyl (C=O) groups is 1. The predicted molar refractivity (Wildman–Crippen MR) is 75.3 cm³/mol. The SMILES string of the molecule is CCCCCCCCNc1ccc(C(=O)O)cc1.